The first-order valence-electron chi connectivity index (χ1n) is 7.22. The Bertz CT molecular complexity index is 624. The van der Waals surface area contributed by atoms with E-state index in [9.17, 15) is 9.90 Å². The largest absolute Gasteiger partial charge is 0.486 e. The second-order valence-corrected chi connectivity index (χ2v) is 5.31. The highest BCUT2D eigenvalue weighted by Crippen LogP contribution is 2.22. The van der Waals surface area contributed by atoms with Gasteiger partial charge in [-0.1, -0.05) is 38.0 Å². The molecule has 0 aliphatic heterocycles. The SMILES string of the molecule is CCC(C)C(C(=O)O)n1nnnc1COc1ccc(C)cc1. The number of aryl methyl sites for hydroxylation is 1. The van der Waals surface area contributed by atoms with Crippen LogP contribution in [-0.2, 0) is 11.4 Å². The van der Waals surface area contributed by atoms with Crippen molar-refractivity contribution in [2.75, 3.05) is 0 Å². The van der Waals surface area contributed by atoms with Gasteiger partial charge in [-0.3, -0.25) is 0 Å². The van der Waals surface area contributed by atoms with E-state index in [4.69, 9.17) is 4.74 Å². The van der Waals surface area contributed by atoms with Crippen molar-refractivity contribution in [3.05, 3.63) is 35.7 Å². The van der Waals surface area contributed by atoms with Crippen molar-refractivity contribution >= 4 is 5.97 Å². The molecule has 118 valence electrons. The van der Waals surface area contributed by atoms with E-state index in [-0.39, 0.29) is 12.5 Å². The number of aliphatic carboxylic acids is 1. The molecule has 1 N–H and O–H groups in total. The molecule has 0 spiro atoms. The third kappa shape index (κ3) is 3.60. The summed E-state index contributed by atoms with van der Waals surface area (Å²) in [5.41, 5.74) is 1.14. The Kier molecular flexibility index (Phi) is 5.08. The van der Waals surface area contributed by atoms with Crippen LogP contribution >= 0.6 is 0 Å². The van der Waals surface area contributed by atoms with Crippen LogP contribution in [0.25, 0.3) is 0 Å². The fourth-order valence-electron chi connectivity index (χ4n) is 2.12. The van der Waals surface area contributed by atoms with E-state index < -0.39 is 12.0 Å². The molecule has 1 aromatic carbocycles. The average Bonchev–Trinajstić information content (AvgIpc) is 2.94. The van der Waals surface area contributed by atoms with Gasteiger partial charge in [-0.05, 0) is 35.4 Å². The molecule has 0 fully saturated rings. The van der Waals surface area contributed by atoms with Crippen LogP contribution in [0.1, 0.15) is 37.7 Å². The zero-order chi connectivity index (χ0) is 16.1. The molecule has 0 aliphatic rings. The second-order valence-electron chi connectivity index (χ2n) is 5.31. The van der Waals surface area contributed by atoms with Crippen LogP contribution in [-0.4, -0.2) is 31.3 Å². The Balaban J connectivity index is 2.14. The Morgan fingerprint density at radius 1 is 1.36 bits per heavy atom. The van der Waals surface area contributed by atoms with Gasteiger partial charge in [0.15, 0.2) is 11.9 Å². The maximum absolute atomic E-state index is 11.5. The molecule has 7 nitrogen and oxygen atoms in total. The van der Waals surface area contributed by atoms with Gasteiger partial charge in [-0.25, -0.2) is 9.48 Å². The van der Waals surface area contributed by atoms with E-state index in [0.29, 0.717) is 11.6 Å². The molecule has 0 saturated carbocycles. The fourth-order valence-corrected chi connectivity index (χ4v) is 2.12. The Labute approximate surface area is 128 Å². The Hall–Kier alpha value is -2.44. The predicted octanol–water partition coefficient (Wildman–Crippen LogP) is 2.23. The first kappa shape index (κ1) is 15.9. The highest BCUT2D eigenvalue weighted by Gasteiger charge is 2.29. The third-order valence-corrected chi connectivity index (χ3v) is 3.65. The van der Waals surface area contributed by atoms with E-state index in [2.05, 4.69) is 15.5 Å². The molecule has 22 heavy (non-hydrogen) atoms. The monoisotopic (exact) mass is 304 g/mol. The van der Waals surface area contributed by atoms with Gasteiger partial charge in [-0.15, -0.1) is 5.10 Å². The lowest BCUT2D eigenvalue weighted by Crippen LogP contribution is -2.28. The van der Waals surface area contributed by atoms with Crippen LogP contribution in [0.5, 0.6) is 5.75 Å². The van der Waals surface area contributed by atoms with Crippen molar-refractivity contribution in [1.29, 1.82) is 0 Å². The molecule has 2 atom stereocenters. The van der Waals surface area contributed by atoms with Gasteiger partial charge >= 0.3 is 5.97 Å². The molecular formula is C15H20N4O3. The molecule has 0 saturated heterocycles. The van der Waals surface area contributed by atoms with Crippen molar-refractivity contribution in [1.82, 2.24) is 20.2 Å². The van der Waals surface area contributed by atoms with Crippen LogP contribution in [0.4, 0.5) is 0 Å². The summed E-state index contributed by atoms with van der Waals surface area (Å²) in [5.74, 6) is 0.0567. The van der Waals surface area contributed by atoms with Gasteiger partial charge in [0.25, 0.3) is 0 Å². The second kappa shape index (κ2) is 7.02. The maximum atomic E-state index is 11.5. The lowest BCUT2D eigenvalue weighted by atomic mass is 9.99. The molecule has 0 aliphatic carbocycles. The van der Waals surface area contributed by atoms with Gasteiger partial charge in [-0.2, -0.15) is 0 Å². The molecule has 7 heteroatoms. The van der Waals surface area contributed by atoms with Gasteiger partial charge in [0, 0.05) is 0 Å². The number of tetrazole rings is 1. The highest BCUT2D eigenvalue weighted by atomic mass is 16.5. The Morgan fingerprint density at radius 3 is 2.64 bits per heavy atom. The van der Waals surface area contributed by atoms with Crippen LogP contribution in [0.2, 0.25) is 0 Å². The molecule has 2 aromatic rings. The summed E-state index contributed by atoms with van der Waals surface area (Å²) in [7, 11) is 0. The number of nitrogens with zero attached hydrogens (tertiary/aromatic N) is 4. The summed E-state index contributed by atoms with van der Waals surface area (Å²) in [5, 5.41) is 20.7. The molecule has 1 aromatic heterocycles. The minimum absolute atomic E-state index is 0.0841. The van der Waals surface area contributed by atoms with Crippen molar-refractivity contribution in [3.8, 4) is 5.75 Å². The average molecular weight is 304 g/mol. The normalized spacial score (nSPS) is 13.6. The number of benzene rings is 1. The minimum atomic E-state index is -0.946. The smallest absolute Gasteiger partial charge is 0.328 e. The zero-order valence-corrected chi connectivity index (χ0v) is 12.9. The summed E-state index contributed by atoms with van der Waals surface area (Å²) < 4.78 is 6.97. The van der Waals surface area contributed by atoms with E-state index >= 15 is 0 Å². The zero-order valence-electron chi connectivity index (χ0n) is 12.9. The predicted molar refractivity (Wildman–Crippen MR) is 79.5 cm³/mol. The number of hydrogen-bond donors (Lipinski definition) is 1. The van der Waals surface area contributed by atoms with Crippen LogP contribution in [0.3, 0.4) is 0 Å². The molecule has 2 rings (SSSR count). The first-order chi connectivity index (χ1) is 10.5. The summed E-state index contributed by atoms with van der Waals surface area (Å²) in [6.45, 7) is 5.92. The topological polar surface area (TPSA) is 90.1 Å². The number of carboxylic acid groups (broad SMARTS) is 1. The fraction of sp³-hybridized carbons (Fsp3) is 0.467. The molecule has 0 radical (unpaired) electrons. The summed E-state index contributed by atoms with van der Waals surface area (Å²) in [6, 6.07) is 6.80. The van der Waals surface area contributed by atoms with E-state index in [0.717, 1.165) is 12.0 Å². The minimum Gasteiger partial charge on any atom is -0.486 e. The van der Waals surface area contributed by atoms with Crippen molar-refractivity contribution in [3.63, 3.8) is 0 Å². The molecule has 0 amide bonds. The standard InChI is InChI=1S/C15H20N4O3/c1-4-11(3)14(15(20)21)19-13(16-17-18-19)9-22-12-7-5-10(2)6-8-12/h5-8,11,14H,4,9H2,1-3H3,(H,20,21). The summed E-state index contributed by atoms with van der Waals surface area (Å²) >= 11 is 0. The van der Waals surface area contributed by atoms with Crippen LogP contribution < -0.4 is 4.74 Å². The summed E-state index contributed by atoms with van der Waals surface area (Å²) in [6.07, 6.45) is 0.717. The van der Waals surface area contributed by atoms with Crippen molar-refractivity contribution < 1.29 is 14.6 Å². The number of carbonyl (C=O) groups is 1. The molecular weight excluding hydrogens is 284 g/mol. The van der Waals surface area contributed by atoms with E-state index in [1.165, 1.54) is 4.68 Å². The van der Waals surface area contributed by atoms with Crippen LogP contribution in [0, 0.1) is 12.8 Å². The van der Waals surface area contributed by atoms with Gasteiger partial charge in [0.1, 0.15) is 12.4 Å². The van der Waals surface area contributed by atoms with E-state index in [1.807, 2.05) is 45.0 Å². The first-order valence-corrected chi connectivity index (χ1v) is 7.22. The number of rotatable bonds is 7. The molecule has 2 unspecified atom stereocenters. The van der Waals surface area contributed by atoms with Crippen molar-refractivity contribution in [2.45, 2.75) is 39.8 Å². The number of aromatic nitrogens is 4. The number of ether oxygens (including phenoxy) is 1. The number of carboxylic acids is 1. The van der Waals surface area contributed by atoms with Gasteiger partial charge in [0.2, 0.25) is 0 Å². The molecule has 1 heterocycles. The molecule has 0 bridgehead atoms. The lowest BCUT2D eigenvalue weighted by molar-refractivity contribution is -0.143. The summed E-state index contributed by atoms with van der Waals surface area (Å²) in [4.78, 5) is 11.5. The van der Waals surface area contributed by atoms with E-state index in [1.54, 1.807) is 0 Å². The Morgan fingerprint density at radius 2 is 2.05 bits per heavy atom. The number of hydrogen-bond acceptors (Lipinski definition) is 5. The highest BCUT2D eigenvalue weighted by molar-refractivity contribution is 5.72. The van der Waals surface area contributed by atoms with Crippen LogP contribution in [0.15, 0.2) is 24.3 Å². The lowest BCUT2D eigenvalue weighted by Gasteiger charge is -2.19. The quantitative estimate of drug-likeness (QED) is 0.843. The maximum Gasteiger partial charge on any atom is 0.328 e. The van der Waals surface area contributed by atoms with Crippen molar-refractivity contribution in [2.24, 2.45) is 5.92 Å². The van der Waals surface area contributed by atoms with Gasteiger partial charge in [0.05, 0.1) is 0 Å². The van der Waals surface area contributed by atoms with Gasteiger partial charge < -0.3 is 9.84 Å². The third-order valence-electron chi connectivity index (χ3n) is 3.65.